The lowest BCUT2D eigenvalue weighted by Crippen LogP contribution is -2.48. The summed E-state index contributed by atoms with van der Waals surface area (Å²) in [5.41, 5.74) is 2.55. The number of nitrogens with zero attached hydrogens (tertiary/aromatic N) is 4. The van der Waals surface area contributed by atoms with Gasteiger partial charge < -0.3 is 9.80 Å². The van der Waals surface area contributed by atoms with Crippen LogP contribution in [0.15, 0.2) is 72.9 Å². The highest BCUT2D eigenvalue weighted by Crippen LogP contribution is 2.27. The Bertz CT molecular complexity index is 1180. The lowest BCUT2D eigenvalue weighted by Gasteiger charge is -2.39. The molecule has 2 aromatic carbocycles. The quantitative estimate of drug-likeness (QED) is 0.451. The number of benzene rings is 2. The van der Waals surface area contributed by atoms with E-state index in [1.807, 2.05) is 66.4 Å². The van der Waals surface area contributed by atoms with Gasteiger partial charge in [0, 0.05) is 50.5 Å². The van der Waals surface area contributed by atoms with Gasteiger partial charge >= 0.3 is 0 Å². The molecule has 3 aromatic rings. The fourth-order valence-corrected chi connectivity index (χ4v) is 4.92. The number of hydrogen-bond donors (Lipinski definition) is 0. The number of hydrogen-bond acceptors (Lipinski definition) is 3. The van der Waals surface area contributed by atoms with Crippen molar-refractivity contribution in [1.82, 2.24) is 19.6 Å². The van der Waals surface area contributed by atoms with E-state index in [1.54, 1.807) is 29.1 Å². The molecule has 0 saturated carbocycles. The Hall–Kier alpha value is -3.38. The Morgan fingerprint density at radius 2 is 1.86 bits per heavy atom. The summed E-state index contributed by atoms with van der Waals surface area (Å²) in [4.78, 5) is 29.7. The molecule has 182 valence electrons. The highest BCUT2D eigenvalue weighted by Gasteiger charge is 2.33. The first-order valence-electron chi connectivity index (χ1n) is 11.9. The van der Waals surface area contributed by atoms with E-state index in [0.29, 0.717) is 23.8 Å². The normalized spacial score (nSPS) is 15.3. The number of rotatable bonds is 7. The van der Waals surface area contributed by atoms with Gasteiger partial charge in [0.2, 0.25) is 5.91 Å². The third kappa shape index (κ3) is 6.40. The molecule has 1 aromatic heterocycles. The number of aryl methyl sites for hydroxylation is 1. The van der Waals surface area contributed by atoms with E-state index in [0.717, 1.165) is 24.8 Å². The fraction of sp³-hybridized carbons (Fsp3) is 0.321. The monoisotopic (exact) mass is 490 g/mol. The Balaban J connectivity index is 1.43. The summed E-state index contributed by atoms with van der Waals surface area (Å²) >= 11 is 6.04. The summed E-state index contributed by atoms with van der Waals surface area (Å²) in [7, 11) is 3.68. The second-order valence-corrected chi connectivity index (χ2v) is 9.54. The molecule has 0 spiro atoms. The van der Waals surface area contributed by atoms with Crippen LogP contribution in [0.2, 0.25) is 5.02 Å². The maximum atomic E-state index is 13.2. The van der Waals surface area contributed by atoms with Gasteiger partial charge in [0.15, 0.2) is 0 Å². The second kappa shape index (κ2) is 11.4. The maximum Gasteiger partial charge on any atom is 0.274 e. The minimum atomic E-state index is -0.0745. The predicted molar refractivity (Wildman–Crippen MR) is 139 cm³/mol. The molecule has 0 bridgehead atoms. The van der Waals surface area contributed by atoms with Gasteiger partial charge in [-0.2, -0.15) is 5.10 Å². The molecule has 0 N–H and O–H groups in total. The number of piperidine rings is 1. The van der Waals surface area contributed by atoms with Crippen LogP contribution >= 0.6 is 11.6 Å². The molecule has 4 rings (SSSR count). The lowest BCUT2D eigenvalue weighted by atomic mass is 9.84. The van der Waals surface area contributed by atoms with Crippen molar-refractivity contribution in [2.24, 2.45) is 13.0 Å². The largest absolute Gasteiger partial charge is 0.339 e. The number of carbonyl (C=O) groups excluding carboxylic acids is 2. The third-order valence-electron chi connectivity index (χ3n) is 6.70. The van der Waals surface area contributed by atoms with Crippen molar-refractivity contribution in [1.29, 1.82) is 0 Å². The molecule has 2 heterocycles. The Labute approximate surface area is 211 Å². The summed E-state index contributed by atoms with van der Waals surface area (Å²) in [6.45, 7) is 1.33. The molecule has 1 aliphatic heterocycles. The topological polar surface area (TPSA) is 58.4 Å². The van der Waals surface area contributed by atoms with Crippen molar-refractivity contribution < 1.29 is 9.59 Å². The Morgan fingerprint density at radius 1 is 1.11 bits per heavy atom. The zero-order chi connectivity index (χ0) is 24.8. The SMILES string of the molecule is CN(C(=O)c1ccn(C)n1)C(Cc1ccccc1)C1CCN(C(=O)C=Cc2cccc(Cl)c2)CC1. The highest BCUT2D eigenvalue weighted by atomic mass is 35.5. The summed E-state index contributed by atoms with van der Waals surface area (Å²) in [6, 6.07) is 19.5. The molecule has 1 aliphatic rings. The van der Waals surface area contributed by atoms with Gasteiger partial charge in [0.25, 0.3) is 5.91 Å². The Morgan fingerprint density at radius 3 is 2.51 bits per heavy atom. The van der Waals surface area contributed by atoms with Crippen LogP contribution in [0.3, 0.4) is 0 Å². The van der Waals surface area contributed by atoms with Crippen LogP contribution < -0.4 is 0 Å². The predicted octanol–water partition coefficient (Wildman–Crippen LogP) is 4.71. The van der Waals surface area contributed by atoms with Gasteiger partial charge in [-0.05, 0) is 60.6 Å². The standard InChI is InChI=1S/C28H31ClN4O2/c1-31-16-15-25(30-31)28(35)32(2)26(20-21-7-4-3-5-8-21)23-13-17-33(18-14-23)27(34)12-11-22-9-6-10-24(29)19-22/h3-12,15-16,19,23,26H,13-14,17-18,20H2,1-2H3. The molecule has 7 heteroatoms. The first-order valence-corrected chi connectivity index (χ1v) is 12.3. The van der Waals surface area contributed by atoms with Crippen LogP contribution in [0.5, 0.6) is 0 Å². The molecule has 6 nitrogen and oxygen atoms in total. The molecule has 1 fully saturated rings. The molecule has 1 unspecified atom stereocenters. The second-order valence-electron chi connectivity index (χ2n) is 9.10. The van der Waals surface area contributed by atoms with Crippen molar-refractivity contribution in [3.05, 3.63) is 94.8 Å². The van der Waals surface area contributed by atoms with E-state index >= 15 is 0 Å². The van der Waals surface area contributed by atoms with Gasteiger partial charge in [0.05, 0.1) is 0 Å². The number of likely N-dealkylation sites (tertiary alicyclic amines) is 1. The molecular weight excluding hydrogens is 460 g/mol. The van der Waals surface area contributed by atoms with Crippen molar-refractivity contribution in [2.75, 3.05) is 20.1 Å². The van der Waals surface area contributed by atoms with Crippen LogP contribution in [-0.4, -0.2) is 57.6 Å². The van der Waals surface area contributed by atoms with Gasteiger partial charge in [-0.15, -0.1) is 0 Å². The average Bonchev–Trinajstić information content (AvgIpc) is 3.32. The van der Waals surface area contributed by atoms with Crippen LogP contribution in [0.4, 0.5) is 0 Å². The van der Waals surface area contributed by atoms with E-state index < -0.39 is 0 Å². The number of likely N-dealkylation sites (N-methyl/N-ethyl adjacent to an activating group) is 1. The summed E-state index contributed by atoms with van der Waals surface area (Å²) in [6.07, 6.45) is 7.65. The minimum absolute atomic E-state index is 0.000881. The van der Waals surface area contributed by atoms with Gasteiger partial charge in [-0.3, -0.25) is 14.3 Å². The van der Waals surface area contributed by atoms with E-state index in [4.69, 9.17) is 11.6 Å². The van der Waals surface area contributed by atoms with Crippen molar-refractivity contribution in [3.8, 4) is 0 Å². The molecule has 0 radical (unpaired) electrons. The van der Waals surface area contributed by atoms with Crippen LogP contribution in [0.1, 0.15) is 34.5 Å². The molecule has 35 heavy (non-hydrogen) atoms. The molecule has 1 atom stereocenters. The van der Waals surface area contributed by atoms with Crippen LogP contribution in [-0.2, 0) is 18.3 Å². The Kier molecular flexibility index (Phi) is 8.03. The van der Waals surface area contributed by atoms with E-state index in [2.05, 4.69) is 17.2 Å². The summed E-state index contributed by atoms with van der Waals surface area (Å²) in [5.74, 6) is 0.212. The first-order chi connectivity index (χ1) is 16.9. The minimum Gasteiger partial charge on any atom is -0.339 e. The molecule has 2 amide bonds. The smallest absolute Gasteiger partial charge is 0.274 e. The zero-order valence-electron chi connectivity index (χ0n) is 20.2. The van der Waals surface area contributed by atoms with Crippen LogP contribution in [0, 0.1) is 5.92 Å². The van der Waals surface area contributed by atoms with E-state index in [9.17, 15) is 9.59 Å². The first kappa shape index (κ1) is 24.7. The van der Waals surface area contributed by atoms with Crippen molar-refractivity contribution in [2.45, 2.75) is 25.3 Å². The highest BCUT2D eigenvalue weighted by molar-refractivity contribution is 6.30. The molecule has 0 aliphatic carbocycles. The summed E-state index contributed by atoms with van der Waals surface area (Å²) in [5, 5.41) is 4.96. The van der Waals surface area contributed by atoms with E-state index in [1.165, 1.54) is 5.56 Å². The van der Waals surface area contributed by atoms with Crippen LogP contribution in [0.25, 0.3) is 6.08 Å². The van der Waals surface area contributed by atoms with Crippen molar-refractivity contribution in [3.63, 3.8) is 0 Å². The average molecular weight is 491 g/mol. The van der Waals surface area contributed by atoms with Gasteiger partial charge in [-0.1, -0.05) is 54.1 Å². The molecular formula is C28H31ClN4O2. The summed E-state index contributed by atoms with van der Waals surface area (Å²) < 4.78 is 1.65. The zero-order valence-corrected chi connectivity index (χ0v) is 20.9. The fourth-order valence-electron chi connectivity index (χ4n) is 4.72. The number of halogens is 1. The lowest BCUT2D eigenvalue weighted by molar-refractivity contribution is -0.127. The number of carbonyl (C=O) groups is 2. The number of aromatic nitrogens is 2. The third-order valence-corrected chi connectivity index (χ3v) is 6.94. The number of amides is 2. The molecule has 1 saturated heterocycles. The van der Waals surface area contributed by atoms with E-state index in [-0.39, 0.29) is 23.8 Å². The van der Waals surface area contributed by atoms with Crippen molar-refractivity contribution >= 4 is 29.5 Å². The maximum absolute atomic E-state index is 13.2. The van der Waals surface area contributed by atoms with Gasteiger partial charge in [-0.25, -0.2) is 0 Å². The van der Waals surface area contributed by atoms with Gasteiger partial charge in [0.1, 0.15) is 5.69 Å².